The molecule has 4 nitrogen and oxygen atoms in total. The summed E-state index contributed by atoms with van der Waals surface area (Å²) in [6, 6.07) is 10.7. The highest BCUT2D eigenvalue weighted by Crippen LogP contribution is 2.31. The zero-order valence-corrected chi connectivity index (χ0v) is 12.9. The van der Waals surface area contributed by atoms with Gasteiger partial charge in [-0.1, -0.05) is 38.8 Å². The van der Waals surface area contributed by atoms with Gasteiger partial charge in [0.15, 0.2) is 5.84 Å². The van der Waals surface area contributed by atoms with E-state index in [1.807, 2.05) is 25.1 Å². The molecule has 0 saturated carbocycles. The van der Waals surface area contributed by atoms with Crippen LogP contribution in [0.4, 0.5) is 0 Å². The molecule has 0 heterocycles. The maximum atomic E-state index is 8.83. The van der Waals surface area contributed by atoms with Crippen LogP contribution in [0.15, 0.2) is 46.0 Å². The van der Waals surface area contributed by atoms with E-state index in [-0.39, 0.29) is 5.84 Å². The van der Waals surface area contributed by atoms with Crippen molar-refractivity contribution in [3.63, 3.8) is 0 Å². The second-order valence-electron chi connectivity index (χ2n) is 4.11. The molecule has 0 radical (unpaired) electrons. The minimum Gasteiger partial charge on any atom is -0.457 e. The Labute approximate surface area is 129 Å². The van der Waals surface area contributed by atoms with Crippen molar-refractivity contribution in [2.75, 3.05) is 0 Å². The van der Waals surface area contributed by atoms with Gasteiger partial charge in [0.2, 0.25) is 0 Å². The van der Waals surface area contributed by atoms with Crippen molar-refractivity contribution in [1.82, 2.24) is 0 Å². The molecule has 2 aromatic rings. The third-order valence-electron chi connectivity index (χ3n) is 2.70. The van der Waals surface area contributed by atoms with E-state index in [9.17, 15) is 0 Å². The molecule has 0 spiro atoms. The van der Waals surface area contributed by atoms with Crippen LogP contribution in [-0.2, 0) is 0 Å². The summed E-state index contributed by atoms with van der Waals surface area (Å²) in [5.74, 6) is 0.967. The van der Waals surface area contributed by atoms with Gasteiger partial charge in [0.25, 0.3) is 0 Å². The maximum absolute atomic E-state index is 8.83. The number of oxime groups is 1. The van der Waals surface area contributed by atoms with E-state index >= 15 is 0 Å². The van der Waals surface area contributed by atoms with Gasteiger partial charge < -0.3 is 15.7 Å². The molecule has 0 fully saturated rings. The summed E-state index contributed by atoms with van der Waals surface area (Å²) < 4.78 is 6.77. The van der Waals surface area contributed by atoms with Gasteiger partial charge in [0, 0.05) is 4.47 Å². The van der Waals surface area contributed by atoms with Gasteiger partial charge in [-0.25, -0.2) is 0 Å². The molecule has 0 atom stereocenters. The second-order valence-corrected chi connectivity index (χ2v) is 5.37. The van der Waals surface area contributed by atoms with Crippen molar-refractivity contribution < 1.29 is 9.94 Å². The lowest BCUT2D eigenvalue weighted by atomic mass is 10.2. The smallest absolute Gasteiger partial charge is 0.175 e. The summed E-state index contributed by atoms with van der Waals surface area (Å²) in [5.41, 5.74) is 7.03. The number of amidine groups is 1. The highest BCUT2D eigenvalue weighted by molar-refractivity contribution is 9.10. The molecule has 0 saturated heterocycles. The largest absolute Gasteiger partial charge is 0.457 e. The van der Waals surface area contributed by atoms with Crippen LogP contribution in [0.5, 0.6) is 11.5 Å². The fraction of sp³-hybridized carbons (Fsp3) is 0.0714. The number of rotatable bonds is 3. The van der Waals surface area contributed by atoms with Crippen molar-refractivity contribution in [3.8, 4) is 11.5 Å². The van der Waals surface area contributed by atoms with Gasteiger partial charge in [-0.2, -0.15) is 0 Å². The quantitative estimate of drug-likeness (QED) is 0.373. The van der Waals surface area contributed by atoms with Gasteiger partial charge in [0.05, 0.1) is 10.6 Å². The van der Waals surface area contributed by atoms with Crippen molar-refractivity contribution in [2.24, 2.45) is 10.9 Å². The monoisotopic (exact) mass is 354 g/mol. The molecule has 0 aliphatic rings. The van der Waals surface area contributed by atoms with Crippen molar-refractivity contribution >= 4 is 33.4 Å². The van der Waals surface area contributed by atoms with E-state index < -0.39 is 0 Å². The number of benzene rings is 2. The Morgan fingerprint density at radius 3 is 2.75 bits per heavy atom. The minimum atomic E-state index is -0.0977. The third-order valence-corrected chi connectivity index (χ3v) is 3.90. The SMILES string of the molecule is Cc1cc(Oc2cccc(Cl)c2/C(N)=N/O)ccc1Br. The molecule has 0 aromatic heterocycles. The van der Waals surface area contributed by atoms with Crippen LogP contribution in [0.1, 0.15) is 11.1 Å². The molecule has 2 rings (SSSR count). The van der Waals surface area contributed by atoms with Crippen LogP contribution in [0.3, 0.4) is 0 Å². The van der Waals surface area contributed by atoms with Gasteiger partial charge in [-0.05, 0) is 42.8 Å². The van der Waals surface area contributed by atoms with Crippen LogP contribution in [0.25, 0.3) is 0 Å². The van der Waals surface area contributed by atoms with Crippen LogP contribution >= 0.6 is 27.5 Å². The van der Waals surface area contributed by atoms with Crippen molar-refractivity contribution in [2.45, 2.75) is 6.92 Å². The zero-order chi connectivity index (χ0) is 14.7. The van der Waals surface area contributed by atoms with Gasteiger partial charge in [-0.15, -0.1) is 0 Å². The summed E-state index contributed by atoms with van der Waals surface area (Å²) in [6.07, 6.45) is 0. The van der Waals surface area contributed by atoms with E-state index in [0.29, 0.717) is 22.1 Å². The van der Waals surface area contributed by atoms with Gasteiger partial charge >= 0.3 is 0 Å². The summed E-state index contributed by atoms with van der Waals surface area (Å²) in [6.45, 7) is 1.96. The predicted octanol–water partition coefficient (Wildman–Crippen LogP) is 4.30. The topological polar surface area (TPSA) is 67.8 Å². The van der Waals surface area contributed by atoms with E-state index in [0.717, 1.165) is 10.0 Å². The van der Waals surface area contributed by atoms with Crippen molar-refractivity contribution in [3.05, 3.63) is 57.0 Å². The van der Waals surface area contributed by atoms with Crippen LogP contribution in [0, 0.1) is 6.92 Å². The number of hydrogen-bond acceptors (Lipinski definition) is 3. The highest BCUT2D eigenvalue weighted by Gasteiger charge is 2.13. The summed E-state index contributed by atoms with van der Waals surface area (Å²) in [5, 5.41) is 12.2. The summed E-state index contributed by atoms with van der Waals surface area (Å²) in [7, 11) is 0. The molecule has 0 unspecified atom stereocenters. The molecular formula is C14H12BrClN2O2. The lowest BCUT2D eigenvalue weighted by Gasteiger charge is -2.12. The first-order valence-corrected chi connectivity index (χ1v) is 6.90. The highest BCUT2D eigenvalue weighted by atomic mass is 79.9. The molecule has 20 heavy (non-hydrogen) atoms. The Morgan fingerprint density at radius 2 is 2.10 bits per heavy atom. The Balaban J connectivity index is 2.43. The number of ether oxygens (including phenoxy) is 1. The normalized spacial score (nSPS) is 11.4. The van der Waals surface area contributed by atoms with Gasteiger partial charge in [0.1, 0.15) is 11.5 Å². The van der Waals surface area contributed by atoms with Gasteiger partial charge in [-0.3, -0.25) is 0 Å². The minimum absolute atomic E-state index is 0.0977. The Kier molecular flexibility index (Phi) is 4.52. The number of nitrogens with zero attached hydrogens (tertiary/aromatic N) is 1. The average molecular weight is 356 g/mol. The molecule has 0 aliphatic carbocycles. The lowest BCUT2D eigenvalue weighted by Crippen LogP contribution is -2.14. The zero-order valence-electron chi connectivity index (χ0n) is 10.6. The molecule has 0 amide bonds. The average Bonchev–Trinajstić information content (AvgIpc) is 2.42. The number of aryl methyl sites for hydroxylation is 1. The Morgan fingerprint density at radius 1 is 1.35 bits per heavy atom. The maximum Gasteiger partial charge on any atom is 0.175 e. The van der Waals surface area contributed by atoms with E-state index in [1.54, 1.807) is 18.2 Å². The van der Waals surface area contributed by atoms with Crippen molar-refractivity contribution in [1.29, 1.82) is 0 Å². The first-order valence-electron chi connectivity index (χ1n) is 5.73. The molecule has 104 valence electrons. The van der Waals surface area contributed by atoms with Crippen LogP contribution < -0.4 is 10.5 Å². The molecule has 2 aromatic carbocycles. The fourth-order valence-corrected chi connectivity index (χ4v) is 2.20. The fourth-order valence-electron chi connectivity index (χ4n) is 1.70. The molecule has 0 bridgehead atoms. The second kappa shape index (κ2) is 6.15. The summed E-state index contributed by atoms with van der Waals surface area (Å²) >= 11 is 9.49. The number of hydrogen-bond donors (Lipinski definition) is 2. The standard InChI is InChI=1S/C14H12BrClN2O2/c1-8-7-9(5-6-10(8)15)20-12-4-2-3-11(16)13(12)14(17)18-19/h2-7,19H,1H3,(H2,17,18). The number of nitrogens with two attached hydrogens (primary N) is 1. The van der Waals surface area contributed by atoms with Crippen LogP contribution in [-0.4, -0.2) is 11.0 Å². The van der Waals surface area contributed by atoms with E-state index in [4.69, 9.17) is 27.3 Å². The predicted molar refractivity (Wildman–Crippen MR) is 82.9 cm³/mol. The van der Waals surface area contributed by atoms with E-state index in [2.05, 4.69) is 21.1 Å². The number of halogens is 2. The Hall–Kier alpha value is -1.72. The lowest BCUT2D eigenvalue weighted by molar-refractivity contribution is 0.318. The van der Waals surface area contributed by atoms with E-state index in [1.165, 1.54) is 0 Å². The Bertz CT molecular complexity index is 674. The molecular weight excluding hydrogens is 344 g/mol. The summed E-state index contributed by atoms with van der Waals surface area (Å²) in [4.78, 5) is 0. The van der Waals surface area contributed by atoms with Crippen LogP contribution in [0.2, 0.25) is 5.02 Å². The third kappa shape index (κ3) is 3.05. The first-order chi connectivity index (χ1) is 9.52. The first kappa shape index (κ1) is 14.7. The molecule has 3 N–H and O–H groups in total. The molecule has 0 aliphatic heterocycles. The molecule has 6 heteroatoms.